The standard InChI is InChI=1S/C27H29ClF2N2O4/c1-15-12-32(21(13-33)27(2,3)4)19-6-5-16(10-18(19)26(15)35)9-17-11-20(25(30)23(28)24(17)29)31-7-8-36-14-22(31)34/h5-6,10-12,21,33H,7-9,13-14H2,1-4H3. The van der Waals surface area contributed by atoms with Crippen LogP contribution >= 0.6 is 11.6 Å². The van der Waals surface area contributed by atoms with Crippen molar-refractivity contribution in [3.05, 3.63) is 74.0 Å². The van der Waals surface area contributed by atoms with Gasteiger partial charge in [-0.15, -0.1) is 0 Å². The average molecular weight is 519 g/mol. The summed E-state index contributed by atoms with van der Waals surface area (Å²) in [7, 11) is 0. The number of fused-ring (bicyclic) bond motifs is 1. The Hall–Kier alpha value is -2.81. The lowest BCUT2D eigenvalue weighted by Crippen LogP contribution is -2.42. The Morgan fingerprint density at radius 2 is 1.89 bits per heavy atom. The maximum Gasteiger partial charge on any atom is 0.253 e. The predicted molar refractivity (Wildman–Crippen MR) is 136 cm³/mol. The minimum atomic E-state index is -0.998. The van der Waals surface area contributed by atoms with Crippen LogP contribution in [-0.2, 0) is 16.0 Å². The molecule has 1 saturated heterocycles. The first kappa shape index (κ1) is 26.3. The number of aliphatic hydroxyl groups is 1. The number of ether oxygens (including phenoxy) is 1. The molecule has 1 aromatic heterocycles. The molecule has 2 heterocycles. The van der Waals surface area contributed by atoms with Crippen molar-refractivity contribution in [1.29, 1.82) is 0 Å². The fraction of sp³-hybridized carbons (Fsp3) is 0.407. The van der Waals surface area contributed by atoms with Crippen molar-refractivity contribution in [1.82, 2.24) is 4.57 Å². The van der Waals surface area contributed by atoms with Gasteiger partial charge in [0.2, 0.25) is 0 Å². The van der Waals surface area contributed by atoms with E-state index in [2.05, 4.69) is 0 Å². The van der Waals surface area contributed by atoms with Crippen LogP contribution in [0.5, 0.6) is 0 Å². The summed E-state index contributed by atoms with van der Waals surface area (Å²) in [6.07, 6.45) is 1.78. The number of aliphatic hydroxyl groups excluding tert-OH is 1. The first-order valence-corrected chi connectivity index (χ1v) is 12.1. The number of anilines is 1. The highest BCUT2D eigenvalue weighted by Crippen LogP contribution is 2.35. The van der Waals surface area contributed by atoms with E-state index in [1.807, 2.05) is 25.3 Å². The van der Waals surface area contributed by atoms with Gasteiger partial charge in [-0.2, -0.15) is 0 Å². The molecule has 1 amide bonds. The van der Waals surface area contributed by atoms with Crippen molar-refractivity contribution in [3.8, 4) is 0 Å². The molecular formula is C27H29ClF2N2O4. The molecule has 0 radical (unpaired) electrons. The number of aryl methyl sites for hydroxylation is 1. The summed E-state index contributed by atoms with van der Waals surface area (Å²) in [6.45, 7) is 7.82. The SMILES string of the molecule is Cc1cn(C(CO)C(C)(C)C)c2ccc(Cc3cc(N4CCOCC4=O)c(F)c(Cl)c3F)cc2c1=O. The number of rotatable bonds is 5. The van der Waals surface area contributed by atoms with Crippen molar-refractivity contribution < 1.29 is 23.4 Å². The summed E-state index contributed by atoms with van der Waals surface area (Å²) in [5.74, 6) is -2.34. The van der Waals surface area contributed by atoms with E-state index in [-0.39, 0.29) is 60.9 Å². The van der Waals surface area contributed by atoms with Crippen molar-refractivity contribution >= 4 is 34.1 Å². The van der Waals surface area contributed by atoms with Crippen LogP contribution in [0, 0.1) is 24.0 Å². The fourth-order valence-electron chi connectivity index (χ4n) is 4.65. The minimum Gasteiger partial charge on any atom is -0.394 e. The molecule has 4 rings (SSSR count). The number of carbonyl (C=O) groups excluding carboxylic acids is 1. The van der Waals surface area contributed by atoms with Gasteiger partial charge in [0.05, 0.1) is 30.5 Å². The number of morpholine rings is 1. The fourth-order valence-corrected chi connectivity index (χ4v) is 4.86. The van der Waals surface area contributed by atoms with Crippen molar-refractivity contribution in [2.45, 2.75) is 40.2 Å². The molecule has 0 spiro atoms. The van der Waals surface area contributed by atoms with Gasteiger partial charge >= 0.3 is 0 Å². The second-order valence-electron chi connectivity index (χ2n) is 10.2. The van der Waals surface area contributed by atoms with Crippen molar-refractivity contribution in [2.24, 2.45) is 5.41 Å². The third-order valence-corrected chi connectivity index (χ3v) is 6.99. The number of nitrogens with zero attached hydrogens (tertiary/aromatic N) is 2. The molecule has 0 aliphatic carbocycles. The van der Waals surface area contributed by atoms with E-state index in [1.54, 1.807) is 31.3 Å². The number of carbonyl (C=O) groups is 1. The molecule has 1 fully saturated rings. The summed E-state index contributed by atoms with van der Waals surface area (Å²) in [5, 5.41) is 9.85. The molecule has 9 heteroatoms. The zero-order valence-corrected chi connectivity index (χ0v) is 21.5. The molecule has 6 nitrogen and oxygen atoms in total. The third-order valence-electron chi connectivity index (χ3n) is 6.66. The number of benzene rings is 2. The number of amides is 1. The topological polar surface area (TPSA) is 71.8 Å². The molecule has 1 unspecified atom stereocenters. The second kappa shape index (κ2) is 9.92. The number of aromatic nitrogens is 1. The molecular weight excluding hydrogens is 490 g/mol. The zero-order valence-electron chi connectivity index (χ0n) is 20.7. The molecule has 1 aliphatic heterocycles. The van der Waals surface area contributed by atoms with Gasteiger partial charge in [0, 0.05) is 30.1 Å². The first-order chi connectivity index (χ1) is 16.9. The Bertz CT molecular complexity index is 1400. The normalized spacial score (nSPS) is 15.6. The molecule has 1 atom stereocenters. The van der Waals surface area contributed by atoms with E-state index in [0.717, 1.165) is 0 Å². The van der Waals surface area contributed by atoms with Crippen LogP contribution < -0.4 is 10.3 Å². The molecule has 0 bridgehead atoms. The summed E-state index contributed by atoms with van der Waals surface area (Å²) in [4.78, 5) is 26.5. The van der Waals surface area contributed by atoms with E-state index in [4.69, 9.17) is 16.3 Å². The number of halogens is 3. The summed E-state index contributed by atoms with van der Waals surface area (Å²) in [5.41, 5.74) is 1.36. The van der Waals surface area contributed by atoms with Crippen LogP contribution in [0.2, 0.25) is 5.02 Å². The molecule has 3 aromatic rings. The summed E-state index contributed by atoms with van der Waals surface area (Å²) in [6, 6.07) is 6.25. The van der Waals surface area contributed by atoms with Crippen LogP contribution in [0.15, 0.2) is 35.3 Å². The van der Waals surface area contributed by atoms with Crippen LogP contribution in [-0.4, -0.2) is 41.9 Å². The van der Waals surface area contributed by atoms with Gasteiger partial charge in [0.15, 0.2) is 11.2 Å². The lowest BCUT2D eigenvalue weighted by molar-refractivity contribution is -0.125. The van der Waals surface area contributed by atoms with Crippen molar-refractivity contribution in [3.63, 3.8) is 0 Å². The molecule has 192 valence electrons. The van der Waals surface area contributed by atoms with Crippen LogP contribution in [0.25, 0.3) is 10.9 Å². The van der Waals surface area contributed by atoms with E-state index in [0.29, 0.717) is 22.0 Å². The van der Waals surface area contributed by atoms with Gasteiger partial charge in [0.25, 0.3) is 5.91 Å². The number of pyridine rings is 1. The second-order valence-corrected chi connectivity index (χ2v) is 10.6. The Morgan fingerprint density at radius 1 is 1.17 bits per heavy atom. The van der Waals surface area contributed by atoms with Crippen LogP contribution in [0.4, 0.5) is 14.5 Å². The first-order valence-electron chi connectivity index (χ1n) is 11.7. The number of hydrogen-bond acceptors (Lipinski definition) is 4. The highest BCUT2D eigenvalue weighted by molar-refractivity contribution is 6.31. The van der Waals surface area contributed by atoms with Crippen LogP contribution in [0.1, 0.15) is 43.5 Å². The van der Waals surface area contributed by atoms with Gasteiger partial charge in [-0.3, -0.25) is 9.59 Å². The van der Waals surface area contributed by atoms with Crippen LogP contribution in [0.3, 0.4) is 0 Å². The van der Waals surface area contributed by atoms with Gasteiger partial charge in [0.1, 0.15) is 17.4 Å². The Labute approximate surface area is 213 Å². The highest BCUT2D eigenvalue weighted by atomic mass is 35.5. The summed E-state index contributed by atoms with van der Waals surface area (Å²) >= 11 is 5.98. The Kier molecular flexibility index (Phi) is 7.23. The summed E-state index contributed by atoms with van der Waals surface area (Å²) < 4.78 is 36.8. The molecule has 1 aliphatic rings. The molecule has 0 saturated carbocycles. The quantitative estimate of drug-likeness (QED) is 0.494. The van der Waals surface area contributed by atoms with Gasteiger partial charge in [-0.1, -0.05) is 38.4 Å². The number of hydrogen-bond donors (Lipinski definition) is 1. The monoisotopic (exact) mass is 518 g/mol. The van der Waals surface area contributed by atoms with Gasteiger partial charge in [-0.05, 0) is 41.7 Å². The van der Waals surface area contributed by atoms with Gasteiger partial charge in [-0.25, -0.2) is 8.78 Å². The third kappa shape index (κ3) is 4.77. The maximum atomic E-state index is 15.0. The van der Waals surface area contributed by atoms with Crippen molar-refractivity contribution in [2.75, 3.05) is 31.3 Å². The Balaban J connectivity index is 1.80. The molecule has 1 N–H and O–H groups in total. The van der Waals surface area contributed by atoms with E-state index >= 15 is 4.39 Å². The lowest BCUT2D eigenvalue weighted by atomic mass is 9.86. The lowest BCUT2D eigenvalue weighted by Gasteiger charge is -2.33. The smallest absolute Gasteiger partial charge is 0.253 e. The zero-order chi connectivity index (χ0) is 26.4. The predicted octanol–water partition coefficient (Wildman–Crippen LogP) is 4.78. The molecule has 2 aromatic carbocycles. The van der Waals surface area contributed by atoms with Gasteiger partial charge < -0.3 is 19.3 Å². The van der Waals surface area contributed by atoms with E-state index in [1.165, 1.54) is 11.0 Å². The van der Waals surface area contributed by atoms with E-state index < -0.39 is 22.6 Å². The minimum absolute atomic E-state index is 0.0311. The molecule has 36 heavy (non-hydrogen) atoms. The average Bonchev–Trinajstić information content (AvgIpc) is 2.82. The Morgan fingerprint density at radius 3 is 2.53 bits per heavy atom. The largest absolute Gasteiger partial charge is 0.394 e. The maximum absolute atomic E-state index is 15.0. The van der Waals surface area contributed by atoms with E-state index in [9.17, 15) is 19.1 Å². The highest BCUT2D eigenvalue weighted by Gasteiger charge is 2.28.